The van der Waals surface area contributed by atoms with E-state index in [4.69, 9.17) is 10.9 Å². The molecule has 0 amide bonds. The maximum atomic E-state index is 8.69. The van der Waals surface area contributed by atoms with Crippen LogP contribution in [0.4, 0.5) is 5.95 Å². The zero-order chi connectivity index (χ0) is 14.4. The maximum Gasteiger partial charge on any atom is 0.225 e. The molecule has 1 saturated heterocycles. The number of amidine groups is 1. The van der Waals surface area contributed by atoms with Crippen molar-refractivity contribution in [2.75, 3.05) is 31.1 Å². The molecule has 2 heterocycles. The van der Waals surface area contributed by atoms with E-state index in [0.717, 1.165) is 38.5 Å². The molecule has 110 valence electrons. The highest BCUT2D eigenvalue weighted by Gasteiger charge is 2.24. The van der Waals surface area contributed by atoms with Gasteiger partial charge in [-0.3, -0.25) is 4.90 Å². The molecule has 0 bridgehead atoms. The minimum atomic E-state index is 0.297. The van der Waals surface area contributed by atoms with E-state index < -0.39 is 0 Å². The van der Waals surface area contributed by atoms with Crippen LogP contribution in [0, 0.1) is 0 Å². The van der Waals surface area contributed by atoms with Crippen LogP contribution in [-0.2, 0) is 0 Å². The van der Waals surface area contributed by atoms with Crippen molar-refractivity contribution in [3.8, 4) is 0 Å². The molecule has 0 spiro atoms. The van der Waals surface area contributed by atoms with Gasteiger partial charge < -0.3 is 15.8 Å². The summed E-state index contributed by atoms with van der Waals surface area (Å²) in [5.74, 6) is 1.09. The molecule has 1 atom stereocenters. The molecule has 3 N–H and O–H groups in total. The van der Waals surface area contributed by atoms with Crippen LogP contribution in [0.15, 0.2) is 23.6 Å². The van der Waals surface area contributed by atoms with Gasteiger partial charge in [-0.15, -0.1) is 0 Å². The first-order valence-electron chi connectivity index (χ1n) is 6.97. The molecule has 20 heavy (non-hydrogen) atoms. The summed E-state index contributed by atoms with van der Waals surface area (Å²) in [6.07, 6.45) is 5.12. The fourth-order valence-electron chi connectivity index (χ4n) is 2.56. The molecule has 0 aliphatic carbocycles. The standard InChI is InChI=1S/C13H22N6O/c1-2-11(10-12(14)17-20)18-6-8-19(9-7-18)13-15-4-3-5-16-13/h3-5,11,20H,2,6-10H2,1H3,(H2,14,17). The Morgan fingerprint density at radius 3 is 2.55 bits per heavy atom. The van der Waals surface area contributed by atoms with Gasteiger partial charge in [0, 0.05) is 51.0 Å². The SMILES string of the molecule is CCC(C/C(N)=N/O)N1CCN(c2ncccn2)CC1. The number of nitrogens with zero attached hydrogens (tertiary/aromatic N) is 5. The number of hydrogen-bond acceptors (Lipinski definition) is 6. The summed E-state index contributed by atoms with van der Waals surface area (Å²) < 4.78 is 0. The number of anilines is 1. The van der Waals surface area contributed by atoms with E-state index in [1.54, 1.807) is 12.4 Å². The lowest BCUT2D eigenvalue weighted by molar-refractivity contribution is 0.182. The summed E-state index contributed by atoms with van der Waals surface area (Å²) in [7, 11) is 0. The van der Waals surface area contributed by atoms with Gasteiger partial charge in [-0.1, -0.05) is 12.1 Å². The minimum Gasteiger partial charge on any atom is -0.409 e. The summed E-state index contributed by atoms with van der Waals surface area (Å²) in [6, 6.07) is 2.15. The summed E-state index contributed by atoms with van der Waals surface area (Å²) in [5, 5.41) is 11.8. The fraction of sp³-hybridized carbons (Fsp3) is 0.615. The zero-order valence-electron chi connectivity index (χ0n) is 11.8. The molecule has 1 aliphatic heterocycles. The van der Waals surface area contributed by atoms with Crippen LogP contribution < -0.4 is 10.6 Å². The van der Waals surface area contributed by atoms with Crippen LogP contribution in [0.2, 0.25) is 0 Å². The smallest absolute Gasteiger partial charge is 0.225 e. The lowest BCUT2D eigenvalue weighted by Crippen LogP contribution is -2.51. The average Bonchev–Trinajstić information content (AvgIpc) is 2.53. The molecule has 1 aromatic rings. The molecular weight excluding hydrogens is 256 g/mol. The van der Waals surface area contributed by atoms with Gasteiger partial charge in [0.15, 0.2) is 0 Å². The number of oxime groups is 1. The molecule has 0 aromatic carbocycles. The van der Waals surface area contributed by atoms with Crippen molar-refractivity contribution in [1.29, 1.82) is 0 Å². The second-order valence-electron chi connectivity index (χ2n) is 4.93. The van der Waals surface area contributed by atoms with Crippen LogP contribution in [0.3, 0.4) is 0 Å². The molecule has 0 radical (unpaired) electrons. The number of hydrogen-bond donors (Lipinski definition) is 2. The topological polar surface area (TPSA) is 90.9 Å². The Morgan fingerprint density at radius 2 is 2.00 bits per heavy atom. The highest BCUT2D eigenvalue weighted by atomic mass is 16.4. The third kappa shape index (κ3) is 3.57. The third-order valence-corrected chi connectivity index (χ3v) is 3.71. The average molecular weight is 278 g/mol. The molecule has 7 nitrogen and oxygen atoms in total. The van der Waals surface area contributed by atoms with Gasteiger partial charge in [0.1, 0.15) is 5.84 Å². The highest BCUT2D eigenvalue weighted by Crippen LogP contribution is 2.15. The quantitative estimate of drug-likeness (QED) is 0.353. The lowest BCUT2D eigenvalue weighted by Gasteiger charge is -2.38. The fourth-order valence-corrected chi connectivity index (χ4v) is 2.56. The monoisotopic (exact) mass is 278 g/mol. The van der Waals surface area contributed by atoms with Crippen LogP contribution in [-0.4, -0.2) is 58.1 Å². The van der Waals surface area contributed by atoms with Crippen LogP contribution in [0.5, 0.6) is 0 Å². The van der Waals surface area contributed by atoms with Crippen molar-refractivity contribution in [2.24, 2.45) is 10.9 Å². The summed E-state index contributed by atoms with van der Waals surface area (Å²) in [5.41, 5.74) is 5.62. The summed E-state index contributed by atoms with van der Waals surface area (Å²) in [6.45, 7) is 5.81. The Morgan fingerprint density at radius 1 is 1.35 bits per heavy atom. The molecule has 1 unspecified atom stereocenters. The first kappa shape index (κ1) is 14.5. The predicted octanol–water partition coefficient (Wildman–Crippen LogP) is 0.514. The summed E-state index contributed by atoms with van der Waals surface area (Å²) >= 11 is 0. The van der Waals surface area contributed by atoms with E-state index >= 15 is 0 Å². The van der Waals surface area contributed by atoms with Crippen molar-refractivity contribution in [1.82, 2.24) is 14.9 Å². The Labute approximate surface area is 119 Å². The van der Waals surface area contributed by atoms with Gasteiger partial charge in [0.05, 0.1) is 0 Å². The normalized spacial score (nSPS) is 19.1. The molecule has 7 heteroatoms. The zero-order valence-corrected chi connectivity index (χ0v) is 11.8. The van der Waals surface area contributed by atoms with Crippen LogP contribution >= 0.6 is 0 Å². The van der Waals surface area contributed by atoms with Gasteiger partial charge in [0.2, 0.25) is 5.95 Å². The second kappa shape index (κ2) is 7.04. The van der Waals surface area contributed by atoms with Gasteiger partial charge >= 0.3 is 0 Å². The first-order chi connectivity index (χ1) is 9.74. The second-order valence-corrected chi connectivity index (χ2v) is 4.93. The molecule has 2 rings (SSSR count). The highest BCUT2D eigenvalue weighted by molar-refractivity contribution is 5.80. The van der Waals surface area contributed by atoms with E-state index in [9.17, 15) is 0 Å². The first-order valence-corrected chi connectivity index (χ1v) is 6.97. The lowest BCUT2D eigenvalue weighted by atomic mass is 10.1. The number of piperazine rings is 1. The third-order valence-electron chi connectivity index (χ3n) is 3.71. The van der Waals surface area contributed by atoms with E-state index in [-0.39, 0.29) is 0 Å². The van der Waals surface area contributed by atoms with Crippen molar-refractivity contribution in [3.63, 3.8) is 0 Å². The number of aromatic nitrogens is 2. The predicted molar refractivity (Wildman–Crippen MR) is 77.9 cm³/mol. The molecule has 0 saturated carbocycles. The van der Waals surface area contributed by atoms with Crippen LogP contribution in [0.25, 0.3) is 0 Å². The van der Waals surface area contributed by atoms with Gasteiger partial charge in [-0.2, -0.15) is 0 Å². The number of nitrogens with two attached hydrogens (primary N) is 1. The van der Waals surface area contributed by atoms with E-state index in [0.29, 0.717) is 18.3 Å². The van der Waals surface area contributed by atoms with Crippen molar-refractivity contribution in [2.45, 2.75) is 25.8 Å². The Bertz CT molecular complexity index is 430. The maximum absolute atomic E-state index is 8.69. The molecule has 1 fully saturated rings. The van der Waals surface area contributed by atoms with Crippen molar-refractivity contribution >= 4 is 11.8 Å². The molecule has 1 aromatic heterocycles. The Kier molecular flexibility index (Phi) is 5.11. The van der Waals surface area contributed by atoms with Gasteiger partial charge in [-0.05, 0) is 12.5 Å². The van der Waals surface area contributed by atoms with Crippen LogP contribution in [0.1, 0.15) is 19.8 Å². The molecule has 1 aliphatic rings. The van der Waals surface area contributed by atoms with Crippen molar-refractivity contribution < 1.29 is 5.21 Å². The Hall–Kier alpha value is -1.89. The number of rotatable bonds is 5. The van der Waals surface area contributed by atoms with Gasteiger partial charge in [0.25, 0.3) is 0 Å². The van der Waals surface area contributed by atoms with E-state index in [1.165, 1.54) is 0 Å². The van der Waals surface area contributed by atoms with E-state index in [2.05, 4.69) is 31.8 Å². The summed E-state index contributed by atoms with van der Waals surface area (Å²) in [4.78, 5) is 13.1. The Balaban J connectivity index is 1.90. The largest absolute Gasteiger partial charge is 0.409 e. The van der Waals surface area contributed by atoms with E-state index in [1.807, 2.05) is 6.07 Å². The van der Waals surface area contributed by atoms with Crippen molar-refractivity contribution in [3.05, 3.63) is 18.5 Å². The van der Waals surface area contributed by atoms with Gasteiger partial charge in [-0.25, -0.2) is 9.97 Å². The molecular formula is C13H22N6O. The minimum absolute atomic E-state index is 0.297.